The van der Waals surface area contributed by atoms with E-state index in [1.54, 1.807) is 12.1 Å². The molecule has 0 bridgehead atoms. The maximum absolute atomic E-state index is 10.8. The number of nitrogens with zero attached hydrogens (tertiary/aromatic N) is 2. The van der Waals surface area contributed by atoms with Crippen molar-refractivity contribution in [3.8, 4) is 5.75 Å². The molecule has 176 valence electrons. The summed E-state index contributed by atoms with van der Waals surface area (Å²) in [6.45, 7) is 12.7. The van der Waals surface area contributed by atoms with Gasteiger partial charge < -0.3 is 14.3 Å². The Morgan fingerprint density at radius 3 is 2.06 bits per heavy atom. The van der Waals surface area contributed by atoms with Gasteiger partial charge in [0, 0.05) is 17.7 Å². The van der Waals surface area contributed by atoms with E-state index in [9.17, 15) is 15.2 Å². The Kier molecular flexibility index (Phi) is 8.07. The lowest BCUT2D eigenvalue weighted by Gasteiger charge is -2.33. The summed E-state index contributed by atoms with van der Waals surface area (Å²) in [4.78, 5) is 10.4. The molecule has 2 aromatic carbocycles. The monoisotopic (exact) mass is 443 g/mol. The highest BCUT2D eigenvalue weighted by Crippen LogP contribution is 2.36. The van der Waals surface area contributed by atoms with Crippen LogP contribution in [-0.4, -0.2) is 47.9 Å². The number of benzene rings is 2. The SMILES string of the molecule is CC(C)(C)CC(C)(C)c1ccc(OC[C@@H](O)C[N+](C)(C)Cc2ccc([N+](=O)[O-])cc2)cc1. The molecule has 0 saturated carbocycles. The molecule has 6 nitrogen and oxygen atoms in total. The molecule has 0 radical (unpaired) electrons. The van der Waals surface area contributed by atoms with E-state index in [4.69, 9.17) is 4.74 Å². The van der Waals surface area contributed by atoms with E-state index in [1.807, 2.05) is 26.2 Å². The fourth-order valence-corrected chi connectivity index (χ4v) is 4.53. The second kappa shape index (κ2) is 10.0. The molecule has 0 aliphatic carbocycles. The molecule has 1 N–H and O–H groups in total. The molecular weight excluding hydrogens is 404 g/mol. The van der Waals surface area contributed by atoms with Gasteiger partial charge in [0.25, 0.3) is 5.69 Å². The van der Waals surface area contributed by atoms with Crippen LogP contribution in [0.3, 0.4) is 0 Å². The molecule has 0 aromatic heterocycles. The largest absolute Gasteiger partial charge is 0.491 e. The van der Waals surface area contributed by atoms with E-state index in [-0.39, 0.29) is 23.1 Å². The number of rotatable bonds is 10. The Balaban J connectivity index is 1.88. The van der Waals surface area contributed by atoms with Crippen LogP contribution in [0.2, 0.25) is 0 Å². The molecule has 0 aliphatic heterocycles. The average Bonchev–Trinajstić information content (AvgIpc) is 2.64. The topological polar surface area (TPSA) is 72.6 Å². The molecule has 0 fully saturated rings. The van der Waals surface area contributed by atoms with Crippen LogP contribution in [0.15, 0.2) is 48.5 Å². The van der Waals surface area contributed by atoms with Crippen LogP contribution < -0.4 is 4.74 Å². The van der Waals surface area contributed by atoms with Crippen molar-refractivity contribution in [2.75, 3.05) is 27.2 Å². The standard InChI is InChI=1S/C26H39N2O4/c1-25(2,3)19-26(4,5)21-10-14-24(15-11-21)32-18-23(29)17-28(6,7)16-20-8-12-22(13-9-20)27(30)31/h8-15,23,29H,16-19H2,1-7H3/q+1/t23-/m0/s1. The van der Waals surface area contributed by atoms with Gasteiger partial charge in [0.1, 0.15) is 31.5 Å². The van der Waals surface area contributed by atoms with Gasteiger partial charge in [0.15, 0.2) is 0 Å². The smallest absolute Gasteiger partial charge is 0.269 e. The molecule has 0 amide bonds. The van der Waals surface area contributed by atoms with E-state index in [0.29, 0.717) is 17.6 Å². The second-order valence-corrected chi connectivity index (χ2v) is 11.3. The zero-order chi connectivity index (χ0) is 24.2. The van der Waals surface area contributed by atoms with Gasteiger partial charge in [0.2, 0.25) is 0 Å². The maximum Gasteiger partial charge on any atom is 0.269 e. The third-order valence-electron chi connectivity index (χ3n) is 5.51. The van der Waals surface area contributed by atoms with Crippen LogP contribution >= 0.6 is 0 Å². The zero-order valence-corrected chi connectivity index (χ0v) is 20.6. The van der Waals surface area contributed by atoms with Gasteiger partial charge in [-0.1, -0.05) is 46.8 Å². The number of hydrogen-bond donors (Lipinski definition) is 1. The number of aliphatic hydroxyl groups excluding tert-OH is 1. The van der Waals surface area contributed by atoms with Gasteiger partial charge >= 0.3 is 0 Å². The molecule has 2 rings (SSSR count). The van der Waals surface area contributed by atoms with Gasteiger partial charge in [-0.2, -0.15) is 0 Å². The van der Waals surface area contributed by atoms with E-state index in [0.717, 1.165) is 17.7 Å². The maximum atomic E-state index is 10.8. The Bertz CT molecular complexity index is 882. The van der Waals surface area contributed by atoms with E-state index >= 15 is 0 Å². The quantitative estimate of drug-likeness (QED) is 0.306. The van der Waals surface area contributed by atoms with Crippen molar-refractivity contribution in [2.45, 2.75) is 59.1 Å². The highest BCUT2D eigenvalue weighted by Gasteiger charge is 2.27. The summed E-state index contributed by atoms with van der Waals surface area (Å²) in [6.07, 6.45) is 0.459. The van der Waals surface area contributed by atoms with Crippen LogP contribution in [0.4, 0.5) is 5.69 Å². The van der Waals surface area contributed by atoms with Gasteiger partial charge in [-0.15, -0.1) is 0 Å². The fourth-order valence-electron chi connectivity index (χ4n) is 4.53. The number of likely N-dealkylation sites (N-methyl/N-ethyl adjacent to an activating group) is 1. The molecule has 0 unspecified atom stereocenters. The predicted molar refractivity (Wildman–Crippen MR) is 129 cm³/mol. The van der Waals surface area contributed by atoms with Crippen LogP contribution in [0.25, 0.3) is 0 Å². The predicted octanol–water partition coefficient (Wildman–Crippen LogP) is 5.32. The number of quaternary nitrogens is 1. The minimum absolute atomic E-state index is 0.0790. The van der Waals surface area contributed by atoms with Crippen molar-refractivity contribution in [3.05, 3.63) is 69.8 Å². The molecule has 1 atom stereocenters. The summed E-state index contributed by atoms with van der Waals surface area (Å²) >= 11 is 0. The Hall–Kier alpha value is -2.44. The van der Waals surface area contributed by atoms with Crippen molar-refractivity contribution >= 4 is 5.69 Å². The molecule has 0 saturated heterocycles. The number of nitro benzene ring substituents is 1. The summed E-state index contributed by atoms with van der Waals surface area (Å²) < 4.78 is 6.38. The molecule has 0 spiro atoms. The Morgan fingerprint density at radius 1 is 1.00 bits per heavy atom. The lowest BCUT2D eigenvalue weighted by molar-refractivity contribution is -0.906. The zero-order valence-electron chi connectivity index (χ0n) is 20.6. The van der Waals surface area contributed by atoms with Gasteiger partial charge in [-0.3, -0.25) is 10.1 Å². The van der Waals surface area contributed by atoms with Crippen LogP contribution in [-0.2, 0) is 12.0 Å². The second-order valence-electron chi connectivity index (χ2n) is 11.3. The van der Waals surface area contributed by atoms with Crippen LogP contribution in [0.1, 0.15) is 52.2 Å². The average molecular weight is 444 g/mol. The van der Waals surface area contributed by atoms with Crippen LogP contribution in [0.5, 0.6) is 5.75 Å². The first kappa shape index (κ1) is 25.8. The summed E-state index contributed by atoms with van der Waals surface area (Å²) in [5.41, 5.74) is 2.68. The molecule has 0 heterocycles. The first-order valence-electron chi connectivity index (χ1n) is 11.1. The molecule has 32 heavy (non-hydrogen) atoms. The molecule has 6 heteroatoms. The minimum Gasteiger partial charge on any atom is -0.491 e. The molecular formula is C26H39N2O4+. The highest BCUT2D eigenvalue weighted by molar-refractivity contribution is 5.33. The molecule has 0 aliphatic rings. The van der Waals surface area contributed by atoms with E-state index in [2.05, 4.69) is 46.8 Å². The lowest BCUT2D eigenvalue weighted by atomic mass is 9.72. The number of ether oxygens (including phenoxy) is 1. The highest BCUT2D eigenvalue weighted by atomic mass is 16.6. The van der Waals surface area contributed by atoms with Crippen molar-refractivity contribution in [2.24, 2.45) is 5.41 Å². The third kappa shape index (κ3) is 8.24. The lowest BCUT2D eigenvalue weighted by Crippen LogP contribution is -2.46. The van der Waals surface area contributed by atoms with E-state index in [1.165, 1.54) is 17.7 Å². The first-order chi connectivity index (χ1) is 14.7. The molecule has 2 aromatic rings. The number of hydrogen-bond acceptors (Lipinski definition) is 4. The number of non-ortho nitro benzene ring substituents is 1. The summed E-state index contributed by atoms with van der Waals surface area (Å²) in [6, 6.07) is 14.7. The van der Waals surface area contributed by atoms with E-state index < -0.39 is 11.0 Å². The minimum atomic E-state index is -0.625. The van der Waals surface area contributed by atoms with Crippen molar-refractivity contribution in [1.29, 1.82) is 0 Å². The van der Waals surface area contributed by atoms with Crippen molar-refractivity contribution < 1.29 is 19.2 Å². The summed E-state index contributed by atoms with van der Waals surface area (Å²) in [7, 11) is 4.05. The summed E-state index contributed by atoms with van der Waals surface area (Å²) in [5, 5.41) is 21.3. The van der Waals surface area contributed by atoms with Gasteiger partial charge in [0.05, 0.1) is 19.0 Å². The number of aliphatic hydroxyl groups is 1. The fraction of sp³-hybridized carbons (Fsp3) is 0.538. The Morgan fingerprint density at radius 2 is 1.56 bits per heavy atom. The van der Waals surface area contributed by atoms with Gasteiger partial charge in [-0.05, 0) is 47.1 Å². The normalized spacial score (nSPS) is 13.6. The first-order valence-corrected chi connectivity index (χ1v) is 11.1. The van der Waals surface area contributed by atoms with Crippen molar-refractivity contribution in [3.63, 3.8) is 0 Å². The van der Waals surface area contributed by atoms with Gasteiger partial charge in [-0.25, -0.2) is 0 Å². The number of nitro groups is 1. The van der Waals surface area contributed by atoms with Crippen molar-refractivity contribution in [1.82, 2.24) is 0 Å². The third-order valence-corrected chi connectivity index (χ3v) is 5.51. The Labute approximate surface area is 192 Å². The van der Waals surface area contributed by atoms with Crippen LogP contribution in [0, 0.1) is 15.5 Å². The summed E-state index contributed by atoms with van der Waals surface area (Å²) in [5.74, 6) is 0.750.